The third-order valence-corrected chi connectivity index (χ3v) is 5.78. The van der Waals surface area contributed by atoms with E-state index in [1.165, 1.54) is 18.4 Å². The van der Waals surface area contributed by atoms with Gasteiger partial charge in [-0.1, -0.05) is 12.1 Å². The Labute approximate surface area is 165 Å². The standard InChI is InChI=1S/C20H33NO4Si2/c1-22-17-12-10-15(11-13-17)18-14-19(16-8-9-16)23-20(18)21(24-26(2,3)4)25-27(5,6)7/h10-14,16,18,20H,8-9H2,1-7H3/t18-,20+/m1/s1. The Kier molecular flexibility index (Phi) is 5.89. The average Bonchev–Trinajstić information content (AvgIpc) is 3.30. The van der Waals surface area contributed by atoms with Gasteiger partial charge in [0.15, 0.2) is 0 Å². The minimum Gasteiger partial charge on any atom is -0.497 e. The molecule has 0 radical (unpaired) electrons. The third-order valence-electron chi connectivity index (χ3n) is 4.32. The first-order valence-corrected chi connectivity index (χ1v) is 16.6. The number of allylic oxidation sites excluding steroid dienone is 1. The summed E-state index contributed by atoms with van der Waals surface area (Å²) in [6.45, 7) is 13.0. The van der Waals surface area contributed by atoms with Crippen LogP contribution in [0.3, 0.4) is 0 Å². The second-order valence-corrected chi connectivity index (χ2v) is 18.2. The van der Waals surface area contributed by atoms with Crippen molar-refractivity contribution >= 4 is 16.6 Å². The van der Waals surface area contributed by atoms with Gasteiger partial charge in [0.1, 0.15) is 5.75 Å². The summed E-state index contributed by atoms with van der Waals surface area (Å²) in [6.07, 6.45) is 4.38. The topological polar surface area (TPSA) is 40.2 Å². The smallest absolute Gasteiger partial charge is 0.215 e. The molecule has 0 saturated heterocycles. The first-order chi connectivity index (χ1) is 12.6. The molecule has 7 heteroatoms. The Morgan fingerprint density at radius 1 is 0.926 bits per heavy atom. The van der Waals surface area contributed by atoms with Crippen LogP contribution in [0, 0.1) is 5.92 Å². The quantitative estimate of drug-likeness (QED) is 0.434. The summed E-state index contributed by atoms with van der Waals surface area (Å²) in [5, 5.41) is 1.69. The van der Waals surface area contributed by atoms with Crippen molar-refractivity contribution in [1.29, 1.82) is 0 Å². The molecule has 1 saturated carbocycles. The summed E-state index contributed by atoms with van der Waals surface area (Å²) in [5.74, 6) is 2.56. The number of nitrogens with zero attached hydrogens (tertiary/aromatic N) is 1. The summed E-state index contributed by atoms with van der Waals surface area (Å²) in [5.41, 5.74) is 1.18. The summed E-state index contributed by atoms with van der Waals surface area (Å²) in [6, 6.07) is 8.21. The molecule has 2 atom stereocenters. The van der Waals surface area contributed by atoms with Crippen molar-refractivity contribution in [1.82, 2.24) is 5.23 Å². The van der Waals surface area contributed by atoms with E-state index < -0.39 is 16.6 Å². The lowest BCUT2D eigenvalue weighted by Crippen LogP contribution is -2.50. The number of methoxy groups -OCH3 is 1. The predicted octanol–water partition coefficient (Wildman–Crippen LogP) is 5.26. The van der Waals surface area contributed by atoms with Crippen LogP contribution in [-0.4, -0.2) is 35.2 Å². The van der Waals surface area contributed by atoms with Gasteiger partial charge in [0.25, 0.3) is 0 Å². The zero-order valence-corrected chi connectivity index (χ0v) is 19.6. The molecule has 1 fully saturated rings. The van der Waals surface area contributed by atoms with E-state index in [0.29, 0.717) is 5.92 Å². The summed E-state index contributed by atoms with van der Waals surface area (Å²) < 4.78 is 24.4. The van der Waals surface area contributed by atoms with Crippen molar-refractivity contribution < 1.29 is 18.5 Å². The van der Waals surface area contributed by atoms with Gasteiger partial charge in [0.05, 0.1) is 18.8 Å². The van der Waals surface area contributed by atoms with Crippen molar-refractivity contribution in [2.45, 2.75) is 64.3 Å². The van der Waals surface area contributed by atoms with Crippen LogP contribution >= 0.6 is 0 Å². The van der Waals surface area contributed by atoms with E-state index in [0.717, 1.165) is 11.5 Å². The minimum atomic E-state index is -1.87. The molecule has 3 rings (SSSR count). The maximum Gasteiger partial charge on any atom is 0.215 e. The molecule has 150 valence electrons. The molecule has 1 aliphatic heterocycles. The number of rotatable bonds is 8. The Balaban J connectivity index is 1.90. The molecular weight excluding hydrogens is 374 g/mol. The van der Waals surface area contributed by atoms with Crippen LogP contribution in [0.1, 0.15) is 24.3 Å². The fraction of sp³-hybridized carbons (Fsp3) is 0.600. The lowest BCUT2D eigenvalue weighted by Gasteiger charge is -2.38. The summed E-state index contributed by atoms with van der Waals surface area (Å²) >= 11 is 0. The molecule has 0 N–H and O–H groups in total. The van der Waals surface area contributed by atoms with E-state index in [4.69, 9.17) is 18.5 Å². The molecule has 0 aromatic heterocycles. The van der Waals surface area contributed by atoms with Crippen LogP contribution in [-0.2, 0) is 13.8 Å². The van der Waals surface area contributed by atoms with Gasteiger partial charge in [-0.3, -0.25) is 0 Å². The zero-order valence-electron chi connectivity index (χ0n) is 17.6. The van der Waals surface area contributed by atoms with Crippen molar-refractivity contribution in [2.75, 3.05) is 7.11 Å². The highest BCUT2D eigenvalue weighted by atomic mass is 28.4. The van der Waals surface area contributed by atoms with Gasteiger partial charge in [0.2, 0.25) is 22.9 Å². The second-order valence-electron chi connectivity index (χ2n) is 9.34. The van der Waals surface area contributed by atoms with Crippen LogP contribution in [0.25, 0.3) is 0 Å². The normalized spacial score (nSPS) is 23.3. The molecule has 0 bridgehead atoms. The number of hydroxylamine groups is 2. The van der Waals surface area contributed by atoms with Crippen LogP contribution in [0.4, 0.5) is 0 Å². The van der Waals surface area contributed by atoms with Gasteiger partial charge in [-0.2, -0.15) is 0 Å². The second kappa shape index (κ2) is 7.71. The Bertz CT molecular complexity index is 659. The maximum atomic E-state index is 6.41. The summed E-state index contributed by atoms with van der Waals surface area (Å²) in [4.78, 5) is 0. The molecule has 0 spiro atoms. The van der Waals surface area contributed by atoms with E-state index >= 15 is 0 Å². The Morgan fingerprint density at radius 3 is 1.93 bits per heavy atom. The molecule has 0 unspecified atom stereocenters. The highest BCUT2D eigenvalue weighted by molar-refractivity contribution is 6.70. The van der Waals surface area contributed by atoms with Gasteiger partial charge >= 0.3 is 0 Å². The molecule has 1 aromatic carbocycles. The van der Waals surface area contributed by atoms with Crippen molar-refractivity contribution in [3.8, 4) is 5.75 Å². The monoisotopic (exact) mass is 407 g/mol. The van der Waals surface area contributed by atoms with Gasteiger partial charge in [0, 0.05) is 5.92 Å². The van der Waals surface area contributed by atoms with E-state index in [9.17, 15) is 0 Å². The SMILES string of the molecule is COc1ccc([C@H]2C=C(C3CC3)O[C@@H]2N(O[Si](C)(C)C)O[Si](C)(C)C)cc1. The fourth-order valence-corrected chi connectivity index (χ4v) is 4.47. The maximum absolute atomic E-state index is 6.41. The fourth-order valence-electron chi connectivity index (χ4n) is 3.03. The van der Waals surface area contributed by atoms with Crippen LogP contribution in [0.5, 0.6) is 5.75 Å². The van der Waals surface area contributed by atoms with E-state index in [2.05, 4.69) is 57.5 Å². The molecule has 0 amide bonds. The predicted molar refractivity (Wildman–Crippen MR) is 112 cm³/mol. The van der Waals surface area contributed by atoms with E-state index in [-0.39, 0.29) is 12.1 Å². The van der Waals surface area contributed by atoms with Gasteiger partial charge < -0.3 is 18.5 Å². The largest absolute Gasteiger partial charge is 0.497 e. The van der Waals surface area contributed by atoms with E-state index in [1.54, 1.807) is 12.3 Å². The van der Waals surface area contributed by atoms with Gasteiger partial charge in [-0.05, 0) is 81.1 Å². The molecule has 1 heterocycles. The van der Waals surface area contributed by atoms with E-state index in [1.807, 2.05) is 12.1 Å². The molecule has 5 nitrogen and oxygen atoms in total. The highest BCUT2D eigenvalue weighted by Crippen LogP contribution is 2.46. The average molecular weight is 408 g/mol. The summed E-state index contributed by atoms with van der Waals surface area (Å²) in [7, 11) is -2.05. The molecule has 1 aliphatic carbocycles. The molecule has 27 heavy (non-hydrogen) atoms. The molecule has 2 aliphatic rings. The van der Waals surface area contributed by atoms with Crippen molar-refractivity contribution in [3.05, 3.63) is 41.7 Å². The lowest BCUT2D eigenvalue weighted by atomic mass is 9.97. The van der Waals surface area contributed by atoms with Crippen molar-refractivity contribution in [3.63, 3.8) is 0 Å². The van der Waals surface area contributed by atoms with Crippen LogP contribution in [0.15, 0.2) is 36.1 Å². The number of hydrogen-bond acceptors (Lipinski definition) is 5. The van der Waals surface area contributed by atoms with Gasteiger partial charge in [-0.15, -0.1) is 0 Å². The molecule has 1 aromatic rings. The third kappa shape index (κ3) is 5.68. The molecular formula is C20H33NO4Si2. The minimum absolute atomic E-state index is 0.0687. The first-order valence-electron chi connectivity index (χ1n) is 9.75. The lowest BCUT2D eigenvalue weighted by molar-refractivity contribution is -0.341. The number of benzene rings is 1. The highest BCUT2D eigenvalue weighted by Gasteiger charge is 2.44. The number of hydrogen-bond donors (Lipinski definition) is 0. The van der Waals surface area contributed by atoms with Gasteiger partial charge in [-0.25, -0.2) is 0 Å². The first kappa shape index (κ1) is 20.6. The van der Waals surface area contributed by atoms with Crippen molar-refractivity contribution in [2.24, 2.45) is 5.92 Å². The Morgan fingerprint density at radius 2 is 1.48 bits per heavy atom. The Hall–Kier alpha value is -1.13. The number of ether oxygens (including phenoxy) is 2. The van der Waals surface area contributed by atoms with Crippen LogP contribution < -0.4 is 4.74 Å². The van der Waals surface area contributed by atoms with Crippen LogP contribution in [0.2, 0.25) is 39.3 Å². The zero-order chi connectivity index (χ0) is 19.8.